The van der Waals surface area contributed by atoms with Crippen molar-refractivity contribution in [2.45, 2.75) is 36.4 Å². The molecule has 0 aliphatic carbocycles. The summed E-state index contributed by atoms with van der Waals surface area (Å²) in [5.74, 6) is -0.420. The van der Waals surface area contributed by atoms with E-state index in [-0.39, 0.29) is 28.9 Å². The van der Waals surface area contributed by atoms with Gasteiger partial charge in [-0.1, -0.05) is 25.6 Å². The SMILES string of the molecule is CCOC(=O)Cc1csc(SCC(=O)Nc2ccc(S(=O)(=O)N(CC)CC)cc2)n1. The van der Waals surface area contributed by atoms with Gasteiger partial charge in [0.2, 0.25) is 15.9 Å². The number of nitrogens with one attached hydrogen (secondary N) is 1. The largest absolute Gasteiger partial charge is 0.466 e. The van der Waals surface area contributed by atoms with Gasteiger partial charge >= 0.3 is 5.97 Å². The minimum Gasteiger partial charge on any atom is -0.466 e. The molecule has 0 aliphatic rings. The maximum atomic E-state index is 12.5. The quantitative estimate of drug-likeness (QED) is 0.397. The Bertz CT molecular complexity index is 954. The molecule has 1 amide bonds. The van der Waals surface area contributed by atoms with E-state index in [0.717, 1.165) is 0 Å². The summed E-state index contributed by atoms with van der Waals surface area (Å²) in [5, 5.41) is 4.51. The fourth-order valence-electron chi connectivity index (χ4n) is 2.54. The van der Waals surface area contributed by atoms with Crippen molar-refractivity contribution in [3.8, 4) is 0 Å². The third kappa shape index (κ3) is 6.79. The predicted molar refractivity (Wildman–Crippen MR) is 118 cm³/mol. The van der Waals surface area contributed by atoms with Crippen molar-refractivity contribution in [3.05, 3.63) is 35.3 Å². The van der Waals surface area contributed by atoms with E-state index in [1.54, 1.807) is 38.3 Å². The number of sulfonamides is 1. The zero-order chi connectivity index (χ0) is 22.1. The van der Waals surface area contributed by atoms with Gasteiger partial charge in [-0.3, -0.25) is 9.59 Å². The summed E-state index contributed by atoms with van der Waals surface area (Å²) < 4.78 is 31.9. The molecule has 0 aliphatic heterocycles. The molecule has 0 radical (unpaired) electrons. The first-order valence-electron chi connectivity index (χ1n) is 9.43. The van der Waals surface area contributed by atoms with Gasteiger partial charge in [0, 0.05) is 24.2 Å². The van der Waals surface area contributed by atoms with E-state index in [0.29, 0.717) is 35.4 Å². The number of carbonyl (C=O) groups excluding carboxylic acids is 2. The first-order valence-corrected chi connectivity index (χ1v) is 12.7. The van der Waals surface area contributed by atoms with Crippen LogP contribution in [0.3, 0.4) is 0 Å². The molecule has 1 N–H and O–H groups in total. The van der Waals surface area contributed by atoms with Crippen molar-refractivity contribution in [1.29, 1.82) is 0 Å². The Labute approximate surface area is 185 Å². The maximum Gasteiger partial charge on any atom is 0.311 e. The first kappa shape index (κ1) is 24.3. The Morgan fingerprint density at radius 1 is 1.17 bits per heavy atom. The third-order valence-electron chi connectivity index (χ3n) is 3.97. The van der Waals surface area contributed by atoms with Gasteiger partial charge in [0.25, 0.3) is 0 Å². The lowest BCUT2D eigenvalue weighted by Gasteiger charge is -2.18. The van der Waals surface area contributed by atoms with E-state index >= 15 is 0 Å². The molecule has 0 saturated carbocycles. The Balaban J connectivity index is 1.88. The number of hydrogen-bond acceptors (Lipinski definition) is 8. The van der Waals surface area contributed by atoms with E-state index in [1.807, 2.05) is 0 Å². The normalized spacial score (nSPS) is 11.5. The molecule has 2 aromatic rings. The zero-order valence-corrected chi connectivity index (χ0v) is 19.5. The van der Waals surface area contributed by atoms with Crippen LogP contribution in [0.25, 0.3) is 0 Å². The molecule has 0 fully saturated rings. The van der Waals surface area contributed by atoms with Crippen molar-refractivity contribution in [1.82, 2.24) is 9.29 Å². The summed E-state index contributed by atoms with van der Waals surface area (Å²) in [4.78, 5) is 28.2. The van der Waals surface area contributed by atoms with Gasteiger partial charge < -0.3 is 10.1 Å². The number of carbonyl (C=O) groups is 2. The molecule has 0 unspecified atom stereocenters. The highest BCUT2D eigenvalue weighted by atomic mass is 32.2. The monoisotopic (exact) mass is 471 g/mol. The van der Waals surface area contributed by atoms with Crippen LogP contribution < -0.4 is 5.32 Å². The molecule has 30 heavy (non-hydrogen) atoms. The predicted octanol–water partition coefficient (Wildman–Crippen LogP) is 3.01. The second kappa shape index (κ2) is 11.4. The van der Waals surface area contributed by atoms with Crippen LogP contribution in [-0.4, -0.2) is 55.0 Å². The van der Waals surface area contributed by atoms with Gasteiger partial charge in [-0.25, -0.2) is 13.4 Å². The Kier molecular flexibility index (Phi) is 9.28. The molecule has 2 rings (SSSR count). The van der Waals surface area contributed by atoms with E-state index in [9.17, 15) is 18.0 Å². The number of hydrogen-bond donors (Lipinski definition) is 1. The van der Waals surface area contributed by atoms with Gasteiger partial charge in [-0.05, 0) is 31.2 Å². The highest BCUT2D eigenvalue weighted by Gasteiger charge is 2.21. The summed E-state index contributed by atoms with van der Waals surface area (Å²) in [6.45, 7) is 6.44. The molecule has 1 aromatic carbocycles. The fraction of sp³-hybridized carbons (Fsp3) is 0.421. The number of aromatic nitrogens is 1. The van der Waals surface area contributed by atoms with Crippen molar-refractivity contribution in [2.24, 2.45) is 0 Å². The van der Waals surface area contributed by atoms with Crippen LogP contribution in [0.15, 0.2) is 38.9 Å². The zero-order valence-electron chi connectivity index (χ0n) is 17.1. The minimum atomic E-state index is -3.53. The van der Waals surface area contributed by atoms with Gasteiger partial charge in [-0.15, -0.1) is 11.3 Å². The minimum absolute atomic E-state index is 0.111. The second-order valence-electron chi connectivity index (χ2n) is 6.04. The highest BCUT2D eigenvalue weighted by molar-refractivity contribution is 8.01. The second-order valence-corrected chi connectivity index (χ2v) is 10.1. The molecular weight excluding hydrogens is 446 g/mol. The van der Waals surface area contributed by atoms with Crippen LogP contribution in [-0.2, 0) is 30.8 Å². The van der Waals surface area contributed by atoms with Crippen molar-refractivity contribution in [2.75, 3.05) is 30.8 Å². The topological polar surface area (TPSA) is 106 Å². The van der Waals surface area contributed by atoms with Crippen molar-refractivity contribution >= 4 is 50.7 Å². The van der Waals surface area contributed by atoms with Gasteiger partial charge in [0.1, 0.15) is 0 Å². The lowest BCUT2D eigenvalue weighted by molar-refractivity contribution is -0.142. The van der Waals surface area contributed by atoms with Gasteiger partial charge in [0.15, 0.2) is 4.34 Å². The molecule has 11 heteroatoms. The molecule has 1 aromatic heterocycles. The number of ether oxygens (including phenoxy) is 1. The lowest BCUT2D eigenvalue weighted by atomic mass is 10.3. The number of amides is 1. The van der Waals surface area contributed by atoms with E-state index < -0.39 is 10.0 Å². The molecule has 164 valence electrons. The fourth-order valence-corrected chi connectivity index (χ4v) is 5.65. The number of esters is 1. The van der Waals surface area contributed by atoms with Crippen LogP contribution in [0, 0.1) is 0 Å². The van der Waals surface area contributed by atoms with Crippen LogP contribution in [0.4, 0.5) is 5.69 Å². The summed E-state index contributed by atoms with van der Waals surface area (Å²) in [6, 6.07) is 6.11. The number of thioether (sulfide) groups is 1. The number of rotatable bonds is 11. The number of nitrogens with zero attached hydrogens (tertiary/aromatic N) is 2. The van der Waals surface area contributed by atoms with E-state index in [4.69, 9.17) is 4.74 Å². The van der Waals surface area contributed by atoms with E-state index in [1.165, 1.54) is 39.5 Å². The summed E-state index contributed by atoms with van der Waals surface area (Å²) in [5.41, 5.74) is 1.13. The Hall–Kier alpha value is -1.95. The standard InChI is InChI=1S/C19H25N3O5S3/c1-4-22(5-2)30(25,26)16-9-7-14(8-10-16)20-17(23)13-29-19-21-15(12-28-19)11-18(24)27-6-3/h7-10,12H,4-6,11,13H2,1-3H3,(H,20,23). The number of anilines is 1. The molecule has 1 heterocycles. The maximum absolute atomic E-state index is 12.5. The number of benzene rings is 1. The van der Waals surface area contributed by atoms with Gasteiger partial charge in [0.05, 0.1) is 29.4 Å². The molecule has 0 saturated heterocycles. The molecule has 0 spiro atoms. The third-order valence-corrected chi connectivity index (χ3v) is 8.10. The average molecular weight is 472 g/mol. The smallest absolute Gasteiger partial charge is 0.311 e. The Morgan fingerprint density at radius 2 is 1.83 bits per heavy atom. The van der Waals surface area contributed by atoms with Crippen LogP contribution >= 0.6 is 23.1 Å². The molecular formula is C19H25N3O5S3. The average Bonchev–Trinajstić information content (AvgIpc) is 3.15. The lowest BCUT2D eigenvalue weighted by Crippen LogP contribution is -2.30. The van der Waals surface area contributed by atoms with Crippen LogP contribution in [0.5, 0.6) is 0 Å². The Morgan fingerprint density at radius 3 is 2.43 bits per heavy atom. The number of thiazole rings is 1. The summed E-state index contributed by atoms with van der Waals surface area (Å²) >= 11 is 2.63. The van der Waals surface area contributed by atoms with Crippen LogP contribution in [0.1, 0.15) is 26.5 Å². The van der Waals surface area contributed by atoms with E-state index in [2.05, 4.69) is 10.3 Å². The first-order chi connectivity index (χ1) is 14.3. The van der Waals surface area contributed by atoms with Crippen molar-refractivity contribution in [3.63, 3.8) is 0 Å². The van der Waals surface area contributed by atoms with Crippen LogP contribution in [0.2, 0.25) is 0 Å². The molecule has 0 bridgehead atoms. The van der Waals surface area contributed by atoms with Gasteiger partial charge in [-0.2, -0.15) is 4.31 Å². The summed E-state index contributed by atoms with van der Waals surface area (Å²) in [6.07, 6.45) is 0.111. The molecule has 8 nitrogen and oxygen atoms in total. The highest BCUT2D eigenvalue weighted by Crippen LogP contribution is 2.24. The molecule has 0 atom stereocenters. The summed E-state index contributed by atoms with van der Waals surface area (Å²) in [7, 11) is -3.53. The van der Waals surface area contributed by atoms with Crippen molar-refractivity contribution < 1.29 is 22.7 Å².